The molecular formula is C12H17F2NO. The third-order valence-corrected chi connectivity index (χ3v) is 2.26. The molecule has 1 unspecified atom stereocenters. The maximum Gasteiger partial charge on any atom is 0.126 e. The van der Waals surface area contributed by atoms with Gasteiger partial charge in [-0.1, -0.05) is 0 Å². The van der Waals surface area contributed by atoms with Crippen molar-refractivity contribution in [2.45, 2.75) is 25.8 Å². The second-order valence-corrected chi connectivity index (χ2v) is 3.73. The van der Waals surface area contributed by atoms with Crippen LogP contribution in [0.4, 0.5) is 8.78 Å². The molecule has 1 atom stereocenters. The van der Waals surface area contributed by atoms with Crippen molar-refractivity contribution in [1.82, 2.24) is 0 Å². The molecule has 0 aliphatic rings. The molecule has 0 bridgehead atoms. The number of halogens is 2. The van der Waals surface area contributed by atoms with E-state index >= 15 is 0 Å². The molecular weight excluding hydrogens is 212 g/mol. The van der Waals surface area contributed by atoms with E-state index in [2.05, 4.69) is 0 Å². The minimum atomic E-state index is -0.563. The third-order valence-electron chi connectivity index (χ3n) is 2.26. The Hall–Kier alpha value is -1.00. The van der Waals surface area contributed by atoms with E-state index in [1.807, 2.05) is 6.92 Å². The topological polar surface area (TPSA) is 35.2 Å². The van der Waals surface area contributed by atoms with E-state index in [9.17, 15) is 8.78 Å². The van der Waals surface area contributed by atoms with Crippen LogP contribution in [0.25, 0.3) is 0 Å². The molecule has 90 valence electrons. The monoisotopic (exact) mass is 229 g/mol. The largest absolute Gasteiger partial charge is 0.382 e. The number of hydrogen-bond donors (Lipinski definition) is 1. The average molecular weight is 229 g/mol. The molecule has 1 aromatic carbocycles. The zero-order valence-electron chi connectivity index (χ0n) is 9.38. The Bertz CT molecular complexity index is 311. The first kappa shape index (κ1) is 13.1. The van der Waals surface area contributed by atoms with Gasteiger partial charge in [-0.25, -0.2) is 8.78 Å². The van der Waals surface area contributed by atoms with Gasteiger partial charge in [0.15, 0.2) is 0 Å². The molecule has 0 aliphatic carbocycles. The Morgan fingerprint density at radius 1 is 1.25 bits per heavy atom. The van der Waals surface area contributed by atoms with Crippen molar-refractivity contribution in [2.24, 2.45) is 5.73 Å². The van der Waals surface area contributed by atoms with Gasteiger partial charge in [-0.3, -0.25) is 0 Å². The molecule has 2 nitrogen and oxygen atoms in total. The summed E-state index contributed by atoms with van der Waals surface area (Å²) in [6.07, 6.45) is 1.15. The first-order valence-electron chi connectivity index (χ1n) is 5.40. The zero-order valence-corrected chi connectivity index (χ0v) is 9.38. The summed E-state index contributed by atoms with van der Waals surface area (Å²) in [6, 6.07) is 3.34. The molecule has 1 aromatic rings. The molecule has 16 heavy (non-hydrogen) atoms. The van der Waals surface area contributed by atoms with Crippen LogP contribution in [-0.4, -0.2) is 19.3 Å². The number of benzene rings is 1. The number of hydrogen-bond acceptors (Lipinski definition) is 2. The van der Waals surface area contributed by atoms with Crippen LogP contribution >= 0.6 is 0 Å². The molecule has 0 heterocycles. The third kappa shape index (κ3) is 4.68. The molecule has 0 aliphatic heterocycles. The van der Waals surface area contributed by atoms with Crippen LogP contribution in [0.1, 0.15) is 18.9 Å². The summed E-state index contributed by atoms with van der Waals surface area (Å²) in [7, 11) is 0. The normalized spacial score (nSPS) is 12.8. The van der Waals surface area contributed by atoms with Crippen molar-refractivity contribution in [3.8, 4) is 0 Å². The molecule has 0 amide bonds. The smallest absolute Gasteiger partial charge is 0.126 e. The van der Waals surface area contributed by atoms with Gasteiger partial charge in [-0.15, -0.1) is 0 Å². The van der Waals surface area contributed by atoms with Crippen molar-refractivity contribution >= 4 is 0 Å². The highest BCUT2D eigenvalue weighted by Crippen LogP contribution is 2.10. The summed E-state index contributed by atoms with van der Waals surface area (Å²) in [6.45, 7) is 3.14. The summed E-state index contributed by atoms with van der Waals surface area (Å²) in [5, 5.41) is 0. The van der Waals surface area contributed by atoms with Crippen LogP contribution in [0, 0.1) is 11.6 Å². The summed E-state index contributed by atoms with van der Waals surface area (Å²) in [4.78, 5) is 0. The van der Waals surface area contributed by atoms with E-state index in [4.69, 9.17) is 10.5 Å². The lowest BCUT2D eigenvalue weighted by atomic mass is 10.0. The summed E-state index contributed by atoms with van der Waals surface area (Å²) in [5.41, 5.74) is 6.41. The molecule has 0 saturated carbocycles. The summed E-state index contributed by atoms with van der Waals surface area (Å²) in [5.74, 6) is -1.13. The summed E-state index contributed by atoms with van der Waals surface area (Å²) >= 11 is 0. The van der Waals surface area contributed by atoms with E-state index in [-0.39, 0.29) is 6.04 Å². The highest BCUT2D eigenvalue weighted by atomic mass is 19.1. The second-order valence-electron chi connectivity index (χ2n) is 3.73. The maximum atomic E-state index is 12.9. The molecule has 0 saturated heterocycles. The van der Waals surface area contributed by atoms with Crippen molar-refractivity contribution < 1.29 is 13.5 Å². The van der Waals surface area contributed by atoms with Crippen LogP contribution in [-0.2, 0) is 11.2 Å². The van der Waals surface area contributed by atoms with Crippen molar-refractivity contribution in [1.29, 1.82) is 0 Å². The predicted molar refractivity (Wildman–Crippen MR) is 59.1 cm³/mol. The van der Waals surface area contributed by atoms with Crippen molar-refractivity contribution in [3.05, 3.63) is 35.4 Å². The number of nitrogens with two attached hydrogens (primary N) is 1. The lowest BCUT2D eigenvalue weighted by Crippen LogP contribution is -2.24. The minimum absolute atomic E-state index is 0.132. The number of rotatable bonds is 6. The van der Waals surface area contributed by atoms with Crippen LogP contribution in [0.5, 0.6) is 0 Å². The molecule has 0 aromatic heterocycles. The lowest BCUT2D eigenvalue weighted by molar-refractivity contribution is 0.140. The average Bonchev–Trinajstić information content (AvgIpc) is 2.16. The molecule has 1 rings (SSSR count). The van der Waals surface area contributed by atoms with Gasteiger partial charge in [0.1, 0.15) is 11.6 Å². The Kier molecular flexibility index (Phi) is 5.35. The molecule has 0 radical (unpaired) electrons. The highest BCUT2D eigenvalue weighted by molar-refractivity contribution is 5.18. The van der Waals surface area contributed by atoms with Crippen molar-refractivity contribution in [3.63, 3.8) is 0 Å². The van der Waals surface area contributed by atoms with Crippen LogP contribution in [0.2, 0.25) is 0 Å². The fourth-order valence-electron chi connectivity index (χ4n) is 1.51. The highest BCUT2D eigenvalue weighted by Gasteiger charge is 2.06. The molecule has 4 heteroatoms. The predicted octanol–water partition coefficient (Wildman–Crippen LogP) is 2.26. The number of ether oxygens (including phenoxy) is 1. The Balaban J connectivity index is 2.45. The fraction of sp³-hybridized carbons (Fsp3) is 0.500. The quantitative estimate of drug-likeness (QED) is 0.759. The van der Waals surface area contributed by atoms with Gasteiger partial charge in [0.25, 0.3) is 0 Å². The van der Waals surface area contributed by atoms with Gasteiger partial charge < -0.3 is 10.5 Å². The molecule has 0 fully saturated rings. The Morgan fingerprint density at radius 2 is 1.88 bits per heavy atom. The van der Waals surface area contributed by atoms with Crippen LogP contribution < -0.4 is 5.73 Å². The maximum absolute atomic E-state index is 12.9. The lowest BCUT2D eigenvalue weighted by Gasteiger charge is -2.11. The van der Waals surface area contributed by atoms with Gasteiger partial charge >= 0.3 is 0 Å². The van der Waals surface area contributed by atoms with Gasteiger partial charge in [0, 0.05) is 25.3 Å². The second kappa shape index (κ2) is 6.55. The van der Waals surface area contributed by atoms with E-state index in [0.717, 1.165) is 6.07 Å². The zero-order chi connectivity index (χ0) is 12.0. The van der Waals surface area contributed by atoms with Crippen LogP contribution in [0.15, 0.2) is 18.2 Å². The summed E-state index contributed by atoms with van der Waals surface area (Å²) < 4.78 is 30.9. The minimum Gasteiger partial charge on any atom is -0.382 e. The first-order valence-corrected chi connectivity index (χ1v) is 5.40. The molecule has 0 spiro atoms. The Morgan fingerprint density at radius 3 is 2.44 bits per heavy atom. The fourth-order valence-corrected chi connectivity index (χ4v) is 1.51. The van der Waals surface area contributed by atoms with Crippen molar-refractivity contribution in [2.75, 3.05) is 13.2 Å². The first-order chi connectivity index (χ1) is 7.61. The van der Waals surface area contributed by atoms with Gasteiger partial charge in [-0.2, -0.15) is 0 Å². The Labute approximate surface area is 94.4 Å². The van der Waals surface area contributed by atoms with E-state index in [0.29, 0.717) is 31.6 Å². The van der Waals surface area contributed by atoms with Gasteiger partial charge in [0.05, 0.1) is 0 Å². The molecule has 2 N–H and O–H groups in total. The van der Waals surface area contributed by atoms with Crippen LogP contribution in [0.3, 0.4) is 0 Å². The van der Waals surface area contributed by atoms with E-state index in [1.165, 1.54) is 12.1 Å². The van der Waals surface area contributed by atoms with E-state index < -0.39 is 11.6 Å². The van der Waals surface area contributed by atoms with Gasteiger partial charge in [-0.05, 0) is 37.5 Å². The van der Waals surface area contributed by atoms with E-state index in [1.54, 1.807) is 0 Å². The SMILES string of the molecule is CCOCCC(N)Cc1cc(F)cc(F)c1. The van der Waals surface area contributed by atoms with Gasteiger partial charge in [0.2, 0.25) is 0 Å². The standard InChI is InChI=1S/C12H17F2NO/c1-2-16-4-3-12(15)7-9-5-10(13)8-11(14)6-9/h5-6,8,12H,2-4,7,15H2,1H3.